The van der Waals surface area contributed by atoms with E-state index < -0.39 is 0 Å². The van der Waals surface area contributed by atoms with E-state index in [1.165, 1.54) is 57.8 Å². The van der Waals surface area contributed by atoms with Gasteiger partial charge in [0.2, 0.25) is 0 Å². The molecule has 1 N–H and O–H groups in total. The zero-order valence-electron chi connectivity index (χ0n) is 14.8. The molecule has 3 nitrogen and oxygen atoms in total. The third-order valence-corrected chi connectivity index (χ3v) is 4.46. The zero-order chi connectivity index (χ0) is 16.9. The molecule has 0 bridgehead atoms. The number of carbonyl (C=O) groups excluding carboxylic acids is 1. The molecule has 1 rings (SSSR count). The third-order valence-electron chi connectivity index (χ3n) is 4.12. The van der Waals surface area contributed by atoms with Crippen LogP contribution in [0.2, 0.25) is 5.02 Å². The smallest absolute Gasteiger partial charge is 0.354 e. The normalized spacial score (nSPS) is 10.9. The maximum Gasteiger partial charge on any atom is 0.354 e. The number of hydrogen-bond acceptors (Lipinski definition) is 2. The molecule has 0 aromatic carbocycles. The van der Waals surface area contributed by atoms with Crippen molar-refractivity contribution in [3.63, 3.8) is 0 Å². The number of ether oxygens (including phenoxy) is 1. The molecule has 0 radical (unpaired) electrons. The second kappa shape index (κ2) is 12.5. The molecule has 132 valence electrons. The molecule has 0 amide bonds. The van der Waals surface area contributed by atoms with Crippen molar-refractivity contribution in [2.75, 3.05) is 6.61 Å². The average molecular weight is 342 g/mol. The van der Waals surface area contributed by atoms with Gasteiger partial charge in [-0.25, -0.2) is 4.79 Å². The van der Waals surface area contributed by atoms with E-state index in [1.54, 1.807) is 13.0 Å². The fourth-order valence-corrected chi connectivity index (χ4v) is 3.01. The van der Waals surface area contributed by atoms with Gasteiger partial charge in [-0.2, -0.15) is 0 Å². The van der Waals surface area contributed by atoms with E-state index in [4.69, 9.17) is 16.3 Å². The van der Waals surface area contributed by atoms with Crippen LogP contribution in [0.5, 0.6) is 0 Å². The summed E-state index contributed by atoms with van der Waals surface area (Å²) >= 11 is 6.17. The van der Waals surface area contributed by atoms with Gasteiger partial charge < -0.3 is 9.72 Å². The highest BCUT2D eigenvalue weighted by Crippen LogP contribution is 2.20. The van der Waals surface area contributed by atoms with Gasteiger partial charge in [-0.3, -0.25) is 0 Å². The van der Waals surface area contributed by atoms with Gasteiger partial charge in [0.25, 0.3) is 0 Å². The minimum Gasteiger partial charge on any atom is -0.461 e. The van der Waals surface area contributed by atoms with Crippen LogP contribution in [-0.4, -0.2) is 17.6 Å². The number of aryl methyl sites for hydroxylation is 1. The highest BCUT2D eigenvalue weighted by atomic mass is 35.5. The lowest BCUT2D eigenvalue weighted by Crippen LogP contribution is -2.05. The summed E-state index contributed by atoms with van der Waals surface area (Å²) in [5, 5.41) is 0.643. The number of esters is 1. The van der Waals surface area contributed by atoms with Crippen LogP contribution in [0, 0.1) is 0 Å². The molecule has 4 heteroatoms. The molecule has 1 aromatic rings. The Balaban J connectivity index is 2.10. The van der Waals surface area contributed by atoms with Crippen molar-refractivity contribution in [3.8, 4) is 0 Å². The molecular formula is C19H32ClNO2. The first-order valence-corrected chi connectivity index (χ1v) is 9.61. The Bertz CT molecular complexity index is 443. The number of unbranched alkanes of at least 4 members (excludes halogenated alkanes) is 9. The SMILES string of the molecule is CCCCCCCCCCCCc1[nH]c(C(=O)OCC)cc1Cl. The van der Waals surface area contributed by atoms with E-state index >= 15 is 0 Å². The fourth-order valence-electron chi connectivity index (χ4n) is 2.76. The largest absolute Gasteiger partial charge is 0.461 e. The summed E-state index contributed by atoms with van der Waals surface area (Å²) < 4.78 is 4.97. The Morgan fingerprint density at radius 3 is 2.13 bits per heavy atom. The van der Waals surface area contributed by atoms with E-state index in [0.717, 1.165) is 18.5 Å². The van der Waals surface area contributed by atoms with Crippen molar-refractivity contribution < 1.29 is 9.53 Å². The van der Waals surface area contributed by atoms with Crippen LogP contribution in [0.4, 0.5) is 0 Å². The maximum atomic E-state index is 11.6. The Kier molecular flexibility index (Phi) is 10.9. The topological polar surface area (TPSA) is 42.1 Å². The average Bonchev–Trinajstić information content (AvgIpc) is 2.91. The lowest BCUT2D eigenvalue weighted by molar-refractivity contribution is 0.0520. The van der Waals surface area contributed by atoms with E-state index in [2.05, 4.69) is 11.9 Å². The molecule has 0 aliphatic rings. The van der Waals surface area contributed by atoms with Gasteiger partial charge in [-0.05, 0) is 25.8 Å². The summed E-state index contributed by atoms with van der Waals surface area (Å²) in [6.07, 6.45) is 14.1. The van der Waals surface area contributed by atoms with Crippen molar-refractivity contribution in [2.45, 2.75) is 84.5 Å². The van der Waals surface area contributed by atoms with Gasteiger partial charge in [0.05, 0.1) is 11.6 Å². The van der Waals surface area contributed by atoms with Gasteiger partial charge in [-0.1, -0.05) is 76.3 Å². The summed E-state index contributed by atoms with van der Waals surface area (Å²) in [7, 11) is 0. The molecule has 0 aliphatic carbocycles. The molecule has 0 fully saturated rings. The first kappa shape index (κ1) is 20.1. The highest BCUT2D eigenvalue weighted by Gasteiger charge is 2.13. The number of H-pyrrole nitrogens is 1. The second-order valence-electron chi connectivity index (χ2n) is 6.16. The van der Waals surface area contributed by atoms with E-state index in [-0.39, 0.29) is 5.97 Å². The molecule has 0 saturated heterocycles. The Hall–Kier alpha value is -0.960. The van der Waals surface area contributed by atoms with Crippen molar-refractivity contribution in [3.05, 3.63) is 22.5 Å². The van der Waals surface area contributed by atoms with E-state index in [0.29, 0.717) is 17.3 Å². The molecule has 1 aromatic heterocycles. The van der Waals surface area contributed by atoms with E-state index in [9.17, 15) is 4.79 Å². The molecule has 0 atom stereocenters. The Morgan fingerprint density at radius 2 is 1.57 bits per heavy atom. The number of halogens is 1. The maximum absolute atomic E-state index is 11.6. The number of rotatable bonds is 13. The first-order chi connectivity index (χ1) is 11.2. The molecule has 23 heavy (non-hydrogen) atoms. The van der Waals surface area contributed by atoms with Crippen LogP contribution < -0.4 is 0 Å². The van der Waals surface area contributed by atoms with Crippen molar-refractivity contribution in [1.29, 1.82) is 0 Å². The molecule has 0 spiro atoms. The number of aromatic nitrogens is 1. The minimum atomic E-state index is -0.330. The molecule has 0 aliphatic heterocycles. The molecule has 0 unspecified atom stereocenters. The standard InChI is InChI=1S/C19H32ClNO2/c1-3-5-6-7-8-9-10-11-12-13-14-17-16(20)15-18(21-17)19(22)23-4-2/h15,21H,3-14H2,1-2H3. The van der Waals surface area contributed by atoms with Crippen LogP contribution >= 0.6 is 11.6 Å². The number of hydrogen-bond donors (Lipinski definition) is 1. The van der Waals surface area contributed by atoms with Crippen LogP contribution in [-0.2, 0) is 11.2 Å². The predicted octanol–water partition coefficient (Wildman–Crippen LogP) is 6.31. The lowest BCUT2D eigenvalue weighted by Gasteiger charge is -2.03. The molecule has 1 heterocycles. The highest BCUT2D eigenvalue weighted by molar-refractivity contribution is 6.31. The van der Waals surface area contributed by atoms with Gasteiger partial charge in [-0.15, -0.1) is 0 Å². The van der Waals surface area contributed by atoms with Crippen LogP contribution in [0.15, 0.2) is 6.07 Å². The van der Waals surface area contributed by atoms with Crippen molar-refractivity contribution in [1.82, 2.24) is 4.98 Å². The summed E-state index contributed by atoms with van der Waals surface area (Å²) in [4.78, 5) is 14.7. The summed E-state index contributed by atoms with van der Waals surface area (Å²) in [5.74, 6) is -0.330. The van der Waals surface area contributed by atoms with Crippen molar-refractivity contribution in [2.24, 2.45) is 0 Å². The number of aromatic amines is 1. The van der Waals surface area contributed by atoms with Gasteiger partial charge in [0, 0.05) is 5.69 Å². The Labute approximate surface area is 146 Å². The van der Waals surface area contributed by atoms with Gasteiger partial charge in [0.15, 0.2) is 0 Å². The van der Waals surface area contributed by atoms with Crippen LogP contribution in [0.25, 0.3) is 0 Å². The summed E-state index contributed by atoms with van der Waals surface area (Å²) in [6, 6.07) is 1.67. The molecule has 0 saturated carbocycles. The number of carbonyl (C=O) groups is 1. The summed E-state index contributed by atoms with van der Waals surface area (Å²) in [5.41, 5.74) is 1.41. The van der Waals surface area contributed by atoms with E-state index in [1.807, 2.05) is 0 Å². The number of nitrogens with one attached hydrogen (secondary N) is 1. The monoisotopic (exact) mass is 341 g/mol. The zero-order valence-corrected chi connectivity index (χ0v) is 15.5. The third kappa shape index (κ3) is 8.45. The van der Waals surface area contributed by atoms with Crippen LogP contribution in [0.3, 0.4) is 0 Å². The van der Waals surface area contributed by atoms with Crippen molar-refractivity contribution >= 4 is 17.6 Å². The predicted molar refractivity (Wildman–Crippen MR) is 97.3 cm³/mol. The lowest BCUT2D eigenvalue weighted by atomic mass is 10.1. The quantitative estimate of drug-likeness (QED) is 0.337. The second-order valence-corrected chi connectivity index (χ2v) is 6.57. The fraction of sp³-hybridized carbons (Fsp3) is 0.737. The van der Waals surface area contributed by atoms with Crippen LogP contribution in [0.1, 0.15) is 94.2 Å². The van der Waals surface area contributed by atoms with Gasteiger partial charge in [0.1, 0.15) is 5.69 Å². The first-order valence-electron chi connectivity index (χ1n) is 9.23. The minimum absolute atomic E-state index is 0.330. The Morgan fingerprint density at radius 1 is 1.00 bits per heavy atom. The molecular weight excluding hydrogens is 310 g/mol. The van der Waals surface area contributed by atoms with Gasteiger partial charge >= 0.3 is 5.97 Å². The summed E-state index contributed by atoms with van der Waals surface area (Å²) in [6.45, 7) is 4.43.